The summed E-state index contributed by atoms with van der Waals surface area (Å²) in [7, 11) is 0. The van der Waals surface area contributed by atoms with E-state index in [1.54, 1.807) is 12.3 Å². The zero-order valence-corrected chi connectivity index (χ0v) is 17.3. The van der Waals surface area contributed by atoms with Crippen molar-refractivity contribution in [1.82, 2.24) is 0 Å². The van der Waals surface area contributed by atoms with Crippen LogP contribution in [0.5, 0.6) is 11.5 Å². The fourth-order valence-electron chi connectivity index (χ4n) is 2.73. The van der Waals surface area contributed by atoms with Crippen LogP contribution in [0, 0.1) is 0 Å². The molecule has 0 aliphatic carbocycles. The summed E-state index contributed by atoms with van der Waals surface area (Å²) in [5, 5.41) is 10.9. The van der Waals surface area contributed by atoms with Gasteiger partial charge >= 0.3 is 0 Å². The van der Waals surface area contributed by atoms with Crippen LogP contribution in [0.15, 0.2) is 54.0 Å². The van der Waals surface area contributed by atoms with E-state index in [1.807, 2.05) is 30.3 Å². The van der Waals surface area contributed by atoms with Gasteiger partial charge in [0, 0.05) is 17.3 Å². The molecule has 144 valence electrons. The minimum atomic E-state index is -0.168. The summed E-state index contributed by atoms with van der Waals surface area (Å²) in [6.45, 7) is 16.9. The molecule has 1 N–H and O–H groups in total. The summed E-state index contributed by atoms with van der Waals surface area (Å²) >= 11 is 0. The fraction of sp³-hybridized carbons (Fsp3) is 0.375. The summed E-state index contributed by atoms with van der Waals surface area (Å²) < 4.78 is 5.67. The third kappa shape index (κ3) is 5.22. The van der Waals surface area contributed by atoms with Gasteiger partial charge in [-0.25, -0.2) is 0 Å². The van der Waals surface area contributed by atoms with E-state index in [-0.39, 0.29) is 16.6 Å². The normalized spacial score (nSPS) is 12.4. The maximum atomic E-state index is 10.9. The molecule has 0 spiro atoms. The van der Waals surface area contributed by atoms with Crippen molar-refractivity contribution in [2.75, 3.05) is 6.61 Å². The van der Waals surface area contributed by atoms with Gasteiger partial charge in [0.2, 0.25) is 0 Å². The van der Waals surface area contributed by atoms with E-state index < -0.39 is 0 Å². The Kier molecular flexibility index (Phi) is 6.15. The van der Waals surface area contributed by atoms with Gasteiger partial charge in [-0.15, -0.1) is 0 Å². The monoisotopic (exact) mass is 365 g/mol. The molecule has 3 heteroatoms. The number of ether oxygens (including phenoxy) is 1. The molecule has 2 aromatic rings. The Hall–Kier alpha value is -2.55. The van der Waals surface area contributed by atoms with Crippen molar-refractivity contribution in [2.45, 2.75) is 52.4 Å². The number of benzene rings is 2. The van der Waals surface area contributed by atoms with Crippen LogP contribution < -0.4 is 4.74 Å². The maximum absolute atomic E-state index is 10.9. The van der Waals surface area contributed by atoms with Crippen LogP contribution in [0.25, 0.3) is 0 Å². The lowest BCUT2D eigenvalue weighted by molar-refractivity contribution is 0.364. The zero-order valence-electron chi connectivity index (χ0n) is 17.3. The Balaban J connectivity index is 2.53. The third-order valence-corrected chi connectivity index (χ3v) is 4.38. The Morgan fingerprint density at radius 1 is 1.04 bits per heavy atom. The molecular formula is C24H31NO2. The first-order valence-electron chi connectivity index (χ1n) is 9.29. The van der Waals surface area contributed by atoms with Crippen LogP contribution in [0.3, 0.4) is 0 Å². The molecule has 0 atom stereocenters. The van der Waals surface area contributed by atoms with E-state index in [4.69, 9.17) is 4.74 Å². The molecular weight excluding hydrogens is 334 g/mol. The highest BCUT2D eigenvalue weighted by molar-refractivity contribution is 5.87. The molecule has 0 saturated carbocycles. The summed E-state index contributed by atoms with van der Waals surface area (Å²) in [4.78, 5) is 4.59. The topological polar surface area (TPSA) is 41.8 Å². The Morgan fingerprint density at radius 3 is 2.30 bits per heavy atom. The predicted molar refractivity (Wildman–Crippen MR) is 115 cm³/mol. The summed E-state index contributed by atoms with van der Waals surface area (Å²) in [5.41, 5.74) is 3.33. The molecule has 0 bridgehead atoms. The molecule has 0 amide bonds. The van der Waals surface area contributed by atoms with E-state index in [0.717, 1.165) is 11.3 Å². The van der Waals surface area contributed by atoms with Crippen LogP contribution in [-0.2, 0) is 10.8 Å². The fourth-order valence-corrected chi connectivity index (χ4v) is 2.73. The first-order chi connectivity index (χ1) is 12.5. The van der Waals surface area contributed by atoms with Crippen molar-refractivity contribution < 1.29 is 9.84 Å². The predicted octanol–water partition coefficient (Wildman–Crippen LogP) is 6.30. The average Bonchev–Trinajstić information content (AvgIpc) is 2.57. The van der Waals surface area contributed by atoms with Gasteiger partial charge in [0.25, 0.3) is 0 Å². The lowest BCUT2D eigenvalue weighted by Crippen LogP contribution is -2.17. The van der Waals surface area contributed by atoms with Crippen LogP contribution in [-0.4, -0.2) is 17.9 Å². The standard InChI is InChI=1S/C24H31NO2/c1-8-13-27-21-12-10-9-11-20(21)25-16-17-14-18(23(2,3)4)15-19(22(17)26)24(5,6)7/h8-12,14-16,26H,1,13H2,2-7H3. The number of phenols is 1. The largest absolute Gasteiger partial charge is 0.507 e. The quantitative estimate of drug-likeness (QED) is 0.499. The number of hydrogen-bond acceptors (Lipinski definition) is 3. The van der Waals surface area contributed by atoms with Gasteiger partial charge in [0.15, 0.2) is 0 Å². The number of nitrogens with zero attached hydrogens (tertiary/aromatic N) is 1. The van der Waals surface area contributed by atoms with Gasteiger partial charge in [-0.3, -0.25) is 4.99 Å². The number of phenolic OH excluding ortho intramolecular Hbond substituents is 1. The van der Waals surface area contributed by atoms with Crippen molar-refractivity contribution in [3.8, 4) is 11.5 Å². The highest BCUT2D eigenvalue weighted by Crippen LogP contribution is 2.37. The van der Waals surface area contributed by atoms with Crippen molar-refractivity contribution in [2.24, 2.45) is 4.99 Å². The van der Waals surface area contributed by atoms with Crippen LogP contribution in [0.4, 0.5) is 5.69 Å². The highest BCUT2D eigenvalue weighted by Gasteiger charge is 2.24. The molecule has 2 aromatic carbocycles. The molecule has 0 aromatic heterocycles. The summed E-state index contributed by atoms with van der Waals surface area (Å²) in [6, 6.07) is 11.7. The Bertz CT molecular complexity index is 836. The van der Waals surface area contributed by atoms with Crippen molar-refractivity contribution >= 4 is 11.9 Å². The Labute approximate surface area is 163 Å². The Morgan fingerprint density at radius 2 is 1.70 bits per heavy atom. The summed E-state index contributed by atoms with van der Waals surface area (Å²) in [6.07, 6.45) is 3.42. The van der Waals surface area contributed by atoms with E-state index in [2.05, 4.69) is 59.2 Å². The average molecular weight is 366 g/mol. The zero-order chi connectivity index (χ0) is 20.2. The SMILES string of the molecule is C=CCOc1ccccc1N=Cc1cc(C(C)(C)C)cc(C(C)(C)C)c1O. The maximum Gasteiger partial charge on any atom is 0.145 e. The number of hydrogen-bond donors (Lipinski definition) is 1. The van der Waals surface area contributed by atoms with Gasteiger partial charge in [0.1, 0.15) is 23.8 Å². The number of rotatable bonds is 5. The van der Waals surface area contributed by atoms with Crippen LogP contribution in [0.2, 0.25) is 0 Å². The molecule has 0 heterocycles. The second-order valence-electron chi connectivity index (χ2n) is 8.79. The van der Waals surface area contributed by atoms with E-state index >= 15 is 0 Å². The smallest absolute Gasteiger partial charge is 0.145 e. The van der Waals surface area contributed by atoms with E-state index in [1.165, 1.54) is 5.56 Å². The molecule has 3 nitrogen and oxygen atoms in total. The van der Waals surface area contributed by atoms with Gasteiger partial charge in [-0.2, -0.15) is 0 Å². The molecule has 0 radical (unpaired) electrons. The van der Waals surface area contributed by atoms with Gasteiger partial charge < -0.3 is 9.84 Å². The lowest BCUT2D eigenvalue weighted by atomic mass is 9.79. The number of aliphatic imine (C=N–C) groups is 1. The van der Waals surface area contributed by atoms with E-state index in [9.17, 15) is 5.11 Å². The molecule has 0 fully saturated rings. The molecule has 0 unspecified atom stereocenters. The molecule has 0 saturated heterocycles. The third-order valence-electron chi connectivity index (χ3n) is 4.38. The number of para-hydroxylation sites is 2. The minimum Gasteiger partial charge on any atom is -0.507 e. The van der Waals surface area contributed by atoms with Crippen LogP contribution in [0.1, 0.15) is 58.2 Å². The molecule has 0 aliphatic rings. The first-order valence-corrected chi connectivity index (χ1v) is 9.29. The molecule has 2 rings (SSSR count). The second kappa shape index (κ2) is 7.99. The molecule has 27 heavy (non-hydrogen) atoms. The summed E-state index contributed by atoms with van der Waals surface area (Å²) in [5.74, 6) is 0.972. The van der Waals surface area contributed by atoms with Gasteiger partial charge in [-0.05, 0) is 34.6 Å². The number of aromatic hydroxyl groups is 1. The highest BCUT2D eigenvalue weighted by atomic mass is 16.5. The van der Waals surface area contributed by atoms with E-state index in [0.29, 0.717) is 17.9 Å². The van der Waals surface area contributed by atoms with Crippen LogP contribution >= 0.6 is 0 Å². The van der Waals surface area contributed by atoms with Crippen molar-refractivity contribution in [3.05, 3.63) is 65.7 Å². The van der Waals surface area contributed by atoms with Crippen molar-refractivity contribution in [3.63, 3.8) is 0 Å². The van der Waals surface area contributed by atoms with Gasteiger partial charge in [0.05, 0.1) is 0 Å². The van der Waals surface area contributed by atoms with Crippen molar-refractivity contribution in [1.29, 1.82) is 0 Å². The lowest BCUT2D eigenvalue weighted by Gasteiger charge is -2.27. The first kappa shape index (κ1) is 20.8. The molecule has 0 aliphatic heterocycles. The van der Waals surface area contributed by atoms with Gasteiger partial charge in [-0.1, -0.05) is 72.4 Å². The second-order valence-corrected chi connectivity index (χ2v) is 8.79. The minimum absolute atomic E-state index is 0.0265.